The summed E-state index contributed by atoms with van der Waals surface area (Å²) in [5.74, 6) is 1.04. The molecule has 0 rings (SSSR count). The molecule has 0 radical (unpaired) electrons. The van der Waals surface area contributed by atoms with Crippen molar-refractivity contribution >= 4 is 0 Å². The van der Waals surface area contributed by atoms with Gasteiger partial charge >= 0.3 is 0 Å². The van der Waals surface area contributed by atoms with E-state index in [0.29, 0.717) is 0 Å². The molecule has 0 fully saturated rings. The van der Waals surface area contributed by atoms with Crippen molar-refractivity contribution in [1.82, 2.24) is 0 Å². The van der Waals surface area contributed by atoms with Crippen LogP contribution in [0.25, 0.3) is 0 Å². The molecule has 1 unspecified atom stereocenters. The maximum Gasteiger partial charge on any atom is -0.0414 e. The molecule has 28 heavy (non-hydrogen) atoms. The lowest BCUT2D eigenvalue weighted by Gasteiger charge is -2.16. The van der Waals surface area contributed by atoms with E-state index in [1.54, 1.807) is 0 Å². The molecular formula is C28H58. The Kier molecular flexibility index (Phi) is 25.0. The van der Waals surface area contributed by atoms with E-state index in [1.165, 1.54) is 154 Å². The van der Waals surface area contributed by atoms with Gasteiger partial charge in [-0.25, -0.2) is 0 Å². The molecule has 0 aliphatic carbocycles. The molecule has 0 amide bonds. The molecule has 0 nitrogen and oxygen atoms in total. The largest absolute Gasteiger partial charge is 0.0654 e. The summed E-state index contributed by atoms with van der Waals surface area (Å²) in [5.41, 5.74) is 0. The maximum absolute atomic E-state index is 2.37. The highest BCUT2D eigenvalue weighted by Crippen LogP contribution is 2.23. The van der Waals surface area contributed by atoms with Crippen molar-refractivity contribution in [2.24, 2.45) is 5.92 Å². The second kappa shape index (κ2) is 25.0. The minimum absolute atomic E-state index is 1.04. The van der Waals surface area contributed by atoms with Crippen LogP contribution in [-0.4, -0.2) is 0 Å². The summed E-state index contributed by atoms with van der Waals surface area (Å²) in [6.07, 6.45) is 35.3. The molecule has 0 bridgehead atoms. The van der Waals surface area contributed by atoms with E-state index in [9.17, 15) is 0 Å². The fraction of sp³-hybridized carbons (Fsp3) is 1.00. The van der Waals surface area contributed by atoms with Gasteiger partial charge in [-0.2, -0.15) is 0 Å². The summed E-state index contributed by atoms with van der Waals surface area (Å²) in [6, 6.07) is 0. The monoisotopic (exact) mass is 394 g/mol. The van der Waals surface area contributed by atoms with E-state index < -0.39 is 0 Å². The highest BCUT2D eigenvalue weighted by Gasteiger charge is 2.07. The maximum atomic E-state index is 2.37. The molecule has 0 aromatic rings. The normalized spacial score (nSPS) is 12.5. The van der Waals surface area contributed by atoms with Crippen LogP contribution in [-0.2, 0) is 0 Å². The van der Waals surface area contributed by atoms with Gasteiger partial charge in [0.15, 0.2) is 0 Å². The fourth-order valence-corrected chi connectivity index (χ4v) is 4.68. The van der Waals surface area contributed by atoms with Crippen LogP contribution < -0.4 is 0 Å². The Morgan fingerprint density at radius 2 is 0.571 bits per heavy atom. The van der Waals surface area contributed by atoms with Crippen LogP contribution >= 0.6 is 0 Å². The van der Waals surface area contributed by atoms with Gasteiger partial charge in [-0.1, -0.05) is 175 Å². The molecule has 0 aromatic carbocycles. The summed E-state index contributed by atoms with van der Waals surface area (Å²) < 4.78 is 0. The second-order valence-corrected chi connectivity index (χ2v) is 9.60. The molecule has 0 heteroatoms. The molecular weight excluding hydrogens is 336 g/mol. The van der Waals surface area contributed by atoms with E-state index in [4.69, 9.17) is 0 Å². The lowest BCUT2D eigenvalue weighted by atomic mass is 9.90. The summed E-state index contributed by atoms with van der Waals surface area (Å²) in [6.45, 7) is 6.99. The first-order valence-electron chi connectivity index (χ1n) is 13.8. The van der Waals surface area contributed by atoms with Gasteiger partial charge in [0, 0.05) is 0 Å². The van der Waals surface area contributed by atoms with Crippen molar-refractivity contribution in [3.63, 3.8) is 0 Å². The van der Waals surface area contributed by atoms with Gasteiger partial charge in [-0.05, 0) is 5.92 Å². The average molecular weight is 395 g/mol. The van der Waals surface area contributed by atoms with E-state index >= 15 is 0 Å². The minimum Gasteiger partial charge on any atom is -0.0654 e. The van der Waals surface area contributed by atoms with Crippen molar-refractivity contribution in [3.05, 3.63) is 0 Å². The quantitative estimate of drug-likeness (QED) is 0.143. The van der Waals surface area contributed by atoms with Crippen LogP contribution in [0.3, 0.4) is 0 Å². The summed E-state index contributed by atoms with van der Waals surface area (Å²) in [7, 11) is 0. The van der Waals surface area contributed by atoms with Gasteiger partial charge in [-0.15, -0.1) is 0 Å². The van der Waals surface area contributed by atoms with Crippen LogP contribution in [0, 0.1) is 5.92 Å². The van der Waals surface area contributed by atoms with Crippen molar-refractivity contribution < 1.29 is 0 Å². The third kappa shape index (κ3) is 22.3. The molecule has 0 aromatic heterocycles. The Morgan fingerprint density at radius 3 is 0.857 bits per heavy atom. The first kappa shape index (κ1) is 28.0. The van der Waals surface area contributed by atoms with Crippen LogP contribution in [0.2, 0.25) is 0 Å². The summed E-state index contributed by atoms with van der Waals surface area (Å²) in [5, 5.41) is 0. The van der Waals surface area contributed by atoms with Crippen LogP contribution in [0.4, 0.5) is 0 Å². The highest BCUT2D eigenvalue weighted by molar-refractivity contribution is 4.61. The van der Waals surface area contributed by atoms with Crippen LogP contribution in [0.1, 0.15) is 175 Å². The predicted octanol–water partition coefficient (Wildman–Crippen LogP) is 11.0. The Morgan fingerprint density at radius 1 is 0.286 bits per heavy atom. The first-order valence-corrected chi connectivity index (χ1v) is 13.8. The number of hydrogen-bond donors (Lipinski definition) is 0. The molecule has 0 saturated carbocycles. The first-order chi connectivity index (χ1) is 13.8. The SMILES string of the molecule is CCCCCCCCCCCCCCCCC(CCC)CCCCCCCC. The zero-order valence-electron chi connectivity index (χ0n) is 20.5. The van der Waals surface area contributed by atoms with E-state index in [1.807, 2.05) is 0 Å². The average Bonchev–Trinajstić information content (AvgIpc) is 2.70. The Bertz CT molecular complexity index is 257. The van der Waals surface area contributed by atoms with E-state index in [-0.39, 0.29) is 0 Å². The molecule has 170 valence electrons. The molecule has 1 atom stereocenters. The third-order valence-electron chi connectivity index (χ3n) is 6.63. The molecule has 0 aliphatic heterocycles. The van der Waals surface area contributed by atoms with Crippen molar-refractivity contribution in [2.75, 3.05) is 0 Å². The predicted molar refractivity (Wildman–Crippen MR) is 131 cm³/mol. The van der Waals surface area contributed by atoms with Gasteiger partial charge in [0.1, 0.15) is 0 Å². The lowest BCUT2D eigenvalue weighted by Crippen LogP contribution is -2.00. The molecule has 0 N–H and O–H groups in total. The van der Waals surface area contributed by atoms with Crippen molar-refractivity contribution in [2.45, 2.75) is 175 Å². The standard InChI is InChI=1S/C28H58/c1-4-7-9-11-13-14-15-16-17-18-19-20-22-24-27-28(25-6-3)26-23-21-12-10-8-5-2/h28H,4-27H2,1-3H3. The zero-order chi connectivity index (χ0) is 20.5. The van der Waals surface area contributed by atoms with Gasteiger partial charge in [0.2, 0.25) is 0 Å². The van der Waals surface area contributed by atoms with E-state index in [0.717, 1.165) is 5.92 Å². The van der Waals surface area contributed by atoms with Gasteiger partial charge in [0.05, 0.1) is 0 Å². The van der Waals surface area contributed by atoms with Gasteiger partial charge < -0.3 is 0 Å². The van der Waals surface area contributed by atoms with Crippen LogP contribution in [0.5, 0.6) is 0 Å². The molecule has 0 aliphatic rings. The number of rotatable bonds is 24. The lowest BCUT2D eigenvalue weighted by molar-refractivity contribution is 0.377. The topological polar surface area (TPSA) is 0 Å². The number of unbranched alkanes of at least 4 members (excludes halogenated alkanes) is 18. The molecule has 0 spiro atoms. The van der Waals surface area contributed by atoms with Gasteiger partial charge in [0.25, 0.3) is 0 Å². The molecule has 0 saturated heterocycles. The fourth-order valence-electron chi connectivity index (χ4n) is 4.68. The smallest absolute Gasteiger partial charge is 0.0414 e. The minimum atomic E-state index is 1.04. The summed E-state index contributed by atoms with van der Waals surface area (Å²) >= 11 is 0. The number of hydrogen-bond acceptors (Lipinski definition) is 0. The zero-order valence-corrected chi connectivity index (χ0v) is 20.5. The Balaban J connectivity index is 3.34. The van der Waals surface area contributed by atoms with Crippen molar-refractivity contribution in [3.8, 4) is 0 Å². The Hall–Kier alpha value is 0. The molecule has 0 heterocycles. The highest BCUT2D eigenvalue weighted by atomic mass is 14.1. The summed E-state index contributed by atoms with van der Waals surface area (Å²) in [4.78, 5) is 0. The Labute approximate surface area is 181 Å². The van der Waals surface area contributed by atoms with E-state index in [2.05, 4.69) is 20.8 Å². The van der Waals surface area contributed by atoms with Gasteiger partial charge in [-0.3, -0.25) is 0 Å². The second-order valence-electron chi connectivity index (χ2n) is 9.60. The van der Waals surface area contributed by atoms with Crippen molar-refractivity contribution in [1.29, 1.82) is 0 Å². The third-order valence-corrected chi connectivity index (χ3v) is 6.63. The van der Waals surface area contributed by atoms with Crippen LogP contribution in [0.15, 0.2) is 0 Å².